The Morgan fingerprint density at radius 2 is 1.14 bits per heavy atom. The van der Waals surface area contributed by atoms with E-state index in [4.69, 9.17) is 0 Å². The molecule has 1 atom stereocenters. The summed E-state index contributed by atoms with van der Waals surface area (Å²) < 4.78 is 2.43. The fourth-order valence-electron chi connectivity index (χ4n) is 9.59. The van der Waals surface area contributed by atoms with Crippen molar-refractivity contribution in [2.75, 3.05) is 5.75 Å². The van der Waals surface area contributed by atoms with Crippen molar-refractivity contribution < 1.29 is 0 Å². The maximum Gasteiger partial charge on any atom is 0.0619 e. The minimum Gasteiger partial charge on any atom is -0.309 e. The van der Waals surface area contributed by atoms with Gasteiger partial charge in [0.05, 0.1) is 11.0 Å². The lowest BCUT2D eigenvalue weighted by Gasteiger charge is -2.20. The van der Waals surface area contributed by atoms with Crippen molar-refractivity contribution in [3.8, 4) is 27.9 Å². The molecular formula is C61H45NS. The Morgan fingerprint density at radius 3 is 1.89 bits per heavy atom. The van der Waals surface area contributed by atoms with Crippen LogP contribution in [0.15, 0.2) is 242 Å². The molecule has 1 aromatic heterocycles. The standard InChI is InChI=1S/C61H45NS/c1-2-15-49(39-50-41-63-60-25-14-12-20-52(50)60)45-30-32-46(33-31-45)56(38-42-26-28-44(29-27-42)43-16-5-3-6-17-43)47-34-36-48(37-35-47)57-40-58-54-22-11-13-24-59(54)62(51-18-7-4-8-19-51)61(58)55-23-10-9-21-53(55)57/h2-37,39-40,56H,1,38,41H2/b49-15+,50-39+. The van der Waals surface area contributed by atoms with E-state index in [0.717, 1.165) is 12.2 Å². The molecule has 9 aromatic carbocycles. The van der Waals surface area contributed by atoms with Crippen molar-refractivity contribution in [2.24, 2.45) is 0 Å². The summed E-state index contributed by atoms with van der Waals surface area (Å²) >= 11 is 1.91. The fourth-order valence-corrected chi connectivity index (χ4v) is 10.7. The van der Waals surface area contributed by atoms with Crippen molar-refractivity contribution >= 4 is 55.5 Å². The van der Waals surface area contributed by atoms with Crippen LogP contribution in [0.25, 0.3) is 71.7 Å². The third-order valence-corrected chi connectivity index (χ3v) is 13.8. The number of benzene rings is 9. The number of fused-ring (bicyclic) bond motifs is 6. The number of thioether (sulfide) groups is 1. The fraction of sp³-hybridized carbons (Fsp3) is 0.0492. The van der Waals surface area contributed by atoms with E-state index < -0.39 is 0 Å². The Morgan fingerprint density at radius 1 is 0.540 bits per heavy atom. The second-order valence-corrected chi connectivity index (χ2v) is 17.4. The van der Waals surface area contributed by atoms with Gasteiger partial charge in [-0.3, -0.25) is 0 Å². The van der Waals surface area contributed by atoms with E-state index in [1.807, 2.05) is 17.8 Å². The first-order valence-electron chi connectivity index (χ1n) is 21.8. The summed E-state index contributed by atoms with van der Waals surface area (Å²) in [7, 11) is 0. The van der Waals surface area contributed by atoms with Gasteiger partial charge in [0.1, 0.15) is 0 Å². The maximum atomic E-state index is 4.08. The van der Waals surface area contributed by atoms with Gasteiger partial charge in [-0.1, -0.05) is 201 Å². The van der Waals surface area contributed by atoms with E-state index in [0.29, 0.717) is 0 Å². The Hall–Kier alpha value is -7.39. The molecule has 10 aromatic rings. The number of nitrogens with zero attached hydrogens (tertiary/aromatic N) is 1. The largest absolute Gasteiger partial charge is 0.309 e. The van der Waals surface area contributed by atoms with Gasteiger partial charge in [-0.15, -0.1) is 11.8 Å². The molecule has 0 aliphatic carbocycles. The molecule has 0 saturated carbocycles. The molecule has 0 N–H and O–H groups in total. The summed E-state index contributed by atoms with van der Waals surface area (Å²) in [5.41, 5.74) is 17.5. The Bertz CT molecular complexity index is 3330. The molecule has 1 aliphatic heterocycles. The predicted molar refractivity (Wildman–Crippen MR) is 271 cm³/mol. The van der Waals surface area contributed by atoms with Crippen LogP contribution in [0.4, 0.5) is 0 Å². The number of allylic oxidation sites excluding steroid dienone is 4. The normalized spacial score (nSPS) is 13.8. The molecule has 0 spiro atoms. The van der Waals surface area contributed by atoms with E-state index in [1.54, 1.807) is 0 Å². The summed E-state index contributed by atoms with van der Waals surface area (Å²) in [4.78, 5) is 1.35. The van der Waals surface area contributed by atoms with Crippen molar-refractivity contribution in [3.63, 3.8) is 0 Å². The molecule has 2 heteroatoms. The van der Waals surface area contributed by atoms with Gasteiger partial charge >= 0.3 is 0 Å². The molecule has 1 aliphatic rings. The number of aromatic nitrogens is 1. The van der Waals surface area contributed by atoms with Gasteiger partial charge in [0.25, 0.3) is 0 Å². The van der Waals surface area contributed by atoms with Crippen LogP contribution in [0.3, 0.4) is 0 Å². The zero-order chi connectivity index (χ0) is 42.1. The van der Waals surface area contributed by atoms with E-state index in [2.05, 4.69) is 236 Å². The van der Waals surface area contributed by atoms with Gasteiger partial charge < -0.3 is 4.57 Å². The summed E-state index contributed by atoms with van der Waals surface area (Å²) in [6, 6.07) is 78.1. The molecule has 2 heterocycles. The van der Waals surface area contributed by atoms with E-state index in [1.165, 1.54) is 104 Å². The summed E-state index contributed by atoms with van der Waals surface area (Å²) in [6.45, 7) is 4.08. The van der Waals surface area contributed by atoms with E-state index >= 15 is 0 Å². The maximum absolute atomic E-state index is 4.08. The molecular weight excluding hydrogens is 779 g/mol. The predicted octanol–water partition coefficient (Wildman–Crippen LogP) is 16.4. The topological polar surface area (TPSA) is 4.93 Å². The first-order chi connectivity index (χ1) is 31.2. The minimum atomic E-state index is 0.155. The highest BCUT2D eigenvalue weighted by molar-refractivity contribution is 8.00. The quantitative estimate of drug-likeness (QED) is 0.124. The van der Waals surface area contributed by atoms with Crippen LogP contribution >= 0.6 is 11.8 Å². The second-order valence-electron chi connectivity index (χ2n) is 16.4. The van der Waals surface area contributed by atoms with Gasteiger partial charge in [-0.05, 0) is 109 Å². The number of hydrogen-bond acceptors (Lipinski definition) is 1. The van der Waals surface area contributed by atoms with Crippen LogP contribution in [0.1, 0.15) is 33.7 Å². The SMILES string of the molecule is C=C/C=C(\C=C1/CSc2ccccc21)c1ccc(C(Cc2ccc(-c3ccccc3)cc2)c2ccc(-c3cc4c5ccccc5n(-c5ccccc5)c4c4ccccc34)cc2)cc1. The first kappa shape index (κ1) is 38.5. The molecule has 0 fully saturated rings. The highest BCUT2D eigenvalue weighted by atomic mass is 32.2. The summed E-state index contributed by atoms with van der Waals surface area (Å²) in [5, 5.41) is 5.03. The zero-order valence-electron chi connectivity index (χ0n) is 35.0. The Balaban J connectivity index is 0.985. The molecule has 11 rings (SSSR count). The van der Waals surface area contributed by atoms with Gasteiger partial charge in [0, 0.05) is 38.4 Å². The van der Waals surface area contributed by atoms with E-state index in [9.17, 15) is 0 Å². The monoisotopic (exact) mass is 823 g/mol. The number of hydrogen-bond donors (Lipinski definition) is 0. The Labute approximate surface area is 374 Å². The second kappa shape index (κ2) is 16.8. The highest BCUT2D eigenvalue weighted by Crippen LogP contribution is 2.43. The lowest BCUT2D eigenvalue weighted by atomic mass is 9.84. The van der Waals surface area contributed by atoms with Crippen LogP contribution in [-0.4, -0.2) is 10.3 Å². The number of rotatable bonds is 10. The molecule has 0 radical (unpaired) electrons. The lowest BCUT2D eigenvalue weighted by Crippen LogP contribution is -2.05. The molecule has 0 bridgehead atoms. The summed E-state index contributed by atoms with van der Waals surface area (Å²) in [5.74, 6) is 1.13. The van der Waals surface area contributed by atoms with Crippen LogP contribution in [0.5, 0.6) is 0 Å². The van der Waals surface area contributed by atoms with Crippen molar-refractivity contribution in [1.82, 2.24) is 4.57 Å². The molecule has 1 unspecified atom stereocenters. The van der Waals surface area contributed by atoms with Crippen molar-refractivity contribution in [3.05, 3.63) is 265 Å². The third kappa shape index (κ3) is 7.33. The first-order valence-corrected chi connectivity index (χ1v) is 22.8. The van der Waals surface area contributed by atoms with E-state index in [-0.39, 0.29) is 5.92 Å². The lowest BCUT2D eigenvalue weighted by molar-refractivity contribution is 0.805. The van der Waals surface area contributed by atoms with Crippen LogP contribution in [0, 0.1) is 0 Å². The number of para-hydroxylation sites is 2. The van der Waals surface area contributed by atoms with Crippen molar-refractivity contribution in [2.45, 2.75) is 17.2 Å². The van der Waals surface area contributed by atoms with Gasteiger partial charge in [0.15, 0.2) is 0 Å². The minimum absolute atomic E-state index is 0.155. The highest BCUT2D eigenvalue weighted by Gasteiger charge is 2.21. The molecule has 1 nitrogen and oxygen atoms in total. The van der Waals surface area contributed by atoms with Crippen LogP contribution in [-0.2, 0) is 6.42 Å². The van der Waals surface area contributed by atoms with Gasteiger partial charge in [-0.25, -0.2) is 0 Å². The molecule has 0 saturated heterocycles. The zero-order valence-corrected chi connectivity index (χ0v) is 35.8. The smallest absolute Gasteiger partial charge is 0.0619 e. The van der Waals surface area contributed by atoms with Crippen LogP contribution < -0.4 is 0 Å². The average molecular weight is 824 g/mol. The Kier molecular flexibility index (Phi) is 10.3. The van der Waals surface area contributed by atoms with Gasteiger partial charge in [-0.2, -0.15) is 0 Å². The van der Waals surface area contributed by atoms with Gasteiger partial charge in [0.2, 0.25) is 0 Å². The summed E-state index contributed by atoms with van der Waals surface area (Å²) in [6.07, 6.45) is 7.27. The van der Waals surface area contributed by atoms with Crippen LogP contribution in [0.2, 0.25) is 0 Å². The third-order valence-electron chi connectivity index (χ3n) is 12.7. The molecule has 63 heavy (non-hydrogen) atoms. The average Bonchev–Trinajstić information content (AvgIpc) is 3.92. The molecule has 0 amide bonds. The van der Waals surface area contributed by atoms with Crippen molar-refractivity contribution in [1.29, 1.82) is 0 Å². The molecule has 300 valence electrons.